The molecule has 3 unspecified atom stereocenters. The number of nitrogens with zero attached hydrogens (tertiary/aromatic N) is 2. The van der Waals surface area contributed by atoms with Crippen molar-refractivity contribution in [3.8, 4) is 0 Å². The molecule has 1 saturated heterocycles. The smallest absolute Gasteiger partial charge is 0.237 e. The molecular formula is C14H23ClN4O. The first-order valence-corrected chi connectivity index (χ1v) is 7.34. The van der Waals surface area contributed by atoms with Gasteiger partial charge in [0.25, 0.3) is 0 Å². The number of nitrogens with one attached hydrogen (secondary N) is 2. The van der Waals surface area contributed by atoms with E-state index in [0.29, 0.717) is 12.6 Å². The molecule has 6 heteroatoms. The van der Waals surface area contributed by atoms with Crippen molar-refractivity contribution in [2.75, 3.05) is 6.54 Å². The van der Waals surface area contributed by atoms with Crippen LogP contribution in [0.4, 0.5) is 0 Å². The van der Waals surface area contributed by atoms with Crippen LogP contribution in [0.25, 0.3) is 0 Å². The Bertz CT molecular complexity index is 409. The standard InChI is InChI=1S/C14H22N4O.ClH/c19-14(15-7-9-18-8-3-6-16-18)13-10-11-4-1-2-5-12(11)17-13;/h3,6,8,11-13,17H,1-2,4-5,7,9-10H2,(H,15,19);1H. The minimum Gasteiger partial charge on any atom is -0.353 e. The summed E-state index contributed by atoms with van der Waals surface area (Å²) in [4.78, 5) is 12.1. The van der Waals surface area contributed by atoms with Gasteiger partial charge >= 0.3 is 0 Å². The molecular weight excluding hydrogens is 276 g/mol. The normalized spacial score (nSPS) is 28.5. The Hall–Kier alpha value is -1.07. The topological polar surface area (TPSA) is 59.0 Å². The van der Waals surface area contributed by atoms with Crippen LogP contribution in [-0.4, -0.2) is 34.3 Å². The molecule has 2 N–H and O–H groups in total. The van der Waals surface area contributed by atoms with E-state index in [1.807, 2.05) is 16.9 Å². The summed E-state index contributed by atoms with van der Waals surface area (Å²) in [6, 6.07) is 2.49. The van der Waals surface area contributed by atoms with E-state index in [1.54, 1.807) is 6.20 Å². The van der Waals surface area contributed by atoms with Crippen LogP contribution in [0.1, 0.15) is 32.1 Å². The zero-order chi connectivity index (χ0) is 13.1. The van der Waals surface area contributed by atoms with E-state index in [9.17, 15) is 4.79 Å². The highest BCUT2D eigenvalue weighted by Gasteiger charge is 2.37. The molecule has 0 radical (unpaired) electrons. The fourth-order valence-electron chi connectivity index (χ4n) is 3.37. The summed E-state index contributed by atoms with van der Waals surface area (Å²) in [6.07, 6.45) is 9.84. The second-order valence-corrected chi connectivity index (χ2v) is 5.67. The summed E-state index contributed by atoms with van der Waals surface area (Å²) in [6.45, 7) is 1.38. The molecule has 1 amide bonds. The fourth-order valence-corrected chi connectivity index (χ4v) is 3.37. The summed E-state index contributed by atoms with van der Waals surface area (Å²) in [5, 5.41) is 10.6. The minimum atomic E-state index is 0. The third-order valence-electron chi connectivity index (χ3n) is 4.38. The van der Waals surface area contributed by atoms with Crippen molar-refractivity contribution in [2.45, 2.75) is 50.7 Å². The van der Waals surface area contributed by atoms with Crippen molar-refractivity contribution in [1.29, 1.82) is 0 Å². The third kappa shape index (κ3) is 3.52. The lowest BCUT2D eigenvalue weighted by atomic mass is 9.85. The van der Waals surface area contributed by atoms with Crippen LogP contribution in [0, 0.1) is 5.92 Å². The monoisotopic (exact) mass is 298 g/mol. The molecule has 3 rings (SSSR count). The molecule has 1 aliphatic heterocycles. The lowest BCUT2D eigenvalue weighted by Gasteiger charge is -2.24. The molecule has 1 aromatic heterocycles. The number of fused-ring (bicyclic) bond motifs is 1. The molecule has 0 aromatic carbocycles. The molecule has 2 fully saturated rings. The zero-order valence-corrected chi connectivity index (χ0v) is 12.4. The number of aromatic nitrogens is 2. The molecule has 2 aliphatic rings. The number of carbonyl (C=O) groups excluding carboxylic acids is 1. The first-order chi connectivity index (χ1) is 9.33. The Morgan fingerprint density at radius 2 is 2.25 bits per heavy atom. The second kappa shape index (κ2) is 7.09. The summed E-state index contributed by atoms with van der Waals surface area (Å²) in [7, 11) is 0. The summed E-state index contributed by atoms with van der Waals surface area (Å²) in [5.74, 6) is 0.872. The Morgan fingerprint density at radius 3 is 3.00 bits per heavy atom. The second-order valence-electron chi connectivity index (χ2n) is 5.67. The van der Waals surface area contributed by atoms with Crippen LogP contribution in [0.5, 0.6) is 0 Å². The van der Waals surface area contributed by atoms with E-state index in [4.69, 9.17) is 0 Å². The predicted molar refractivity (Wildman–Crippen MR) is 79.8 cm³/mol. The summed E-state index contributed by atoms with van der Waals surface area (Å²) >= 11 is 0. The Labute approximate surface area is 125 Å². The van der Waals surface area contributed by atoms with Crippen molar-refractivity contribution in [1.82, 2.24) is 20.4 Å². The van der Waals surface area contributed by atoms with Crippen LogP contribution in [-0.2, 0) is 11.3 Å². The van der Waals surface area contributed by atoms with E-state index in [0.717, 1.165) is 18.9 Å². The van der Waals surface area contributed by atoms with Crippen molar-refractivity contribution in [3.05, 3.63) is 18.5 Å². The van der Waals surface area contributed by atoms with E-state index < -0.39 is 0 Å². The average Bonchev–Trinajstić information content (AvgIpc) is 3.07. The van der Waals surface area contributed by atoms with Crippen LogP contribution in [0.2, 0.25) is 0 Å². The highest BCUT2D eigenvalue weighted by Crippen LogP contribution is 2.33. The maximum atomic E-state index is 12.1. The molecule has 20 heavy (non-hydrogen) atoms. The molecule has 0 bridgehead atoms. The first-order valence-electron chi connectivity index (χ1n) is 7.34. The molecule has 1 aliphatic carbocycles. The molecule has 1 aromatic rings. The van der Waals surface area contributed by atoms with E-state index >= 15 is 0 Å². The molecule has 5 nitrogen and oxygen atoms in total. The van der Waals surface area contributed by atoms with Gasteiger partial charge in [-0.05, 0) is 31.2 Å². The summed E-state index contributed by atoms with van der Waals surface area (Å²) in [5.41, 5.74) is 0. The van der Waals surface area contributed by atoms with Crippen LogP contribution in [0.15, 0.2) is 18.5 Å². The van der Waals surface area contributed by atoms with Crippen LogP contribution < -0.4 is 10.6 Å². The maximum absolute atomic E-state index is 12.1. The zero-order valence-electron chi connectivity index (χ0n) is 11.6. The SMILES string of the molecule is Cl.O=C(NCCn1cccn1)C1CC2CCCCC2N1. The van der Waals surface area contributed by atoms with Gasteiger partial charge in [-0.2, -0.15) is 5.10 Å². The fraction of sp³-hybridized carbons (Fsp3) is 0.714. The van der Waals surface area contributed by atoms with E-state index in [1.165, 1.54) is 25.7 Å². The van der Waals surface area contributed by atoms with Crippen molar-refractivity contribution in [2.24, 2.45) is 5.92 Å². The van der Waals surface area contributed by atoms with E-state index in [-0.39, 0.29) is 24.4 Å². The highest BCUT2D eigenvalue weighted by molar-refractivity contribution is 5.85. The molecule has 0 spiro atoms. The predicted octanol–water partition coefficient (Wildman–Crippen LogP) is 1.34. The molecule has 112 valence electrons. The van der Waals surface area contributed by atoms with Gasteiger partial charge in [0.2, 0.25) is 5.91 Å². The Kier molecular flexibility index (Phi) is 5.43. The maximum Gasteiger partial charge on any atom is 0.237 e. The third-order valence-corrected chi connectivity index (χ3v) is 4.38. The summed E-state index contributed by atoms with van der Waals surface area (Å²) < 4.78 is 1.84. The van der Waals surface area contributed by atoms with Gasteiger partial charge in [0.05, 0.1) is 12.6 Å². The lowest BCUT2D eigenvalue weighted by Crippen LogP contribution is -2.44. The average molecular weight is 299 g/mol. The Morgan fingerprint density at radius 1 is 1.40 bits per heavy atom. The number of carbonyl (C=O) groups is 1. The lowest BCUT2D eigenvalue weighted by molar-refractivity contribution is -0.122. The number of hydrogen-bond donors (Lipinski definition) is 2. The largest absolute Gasteiger partial charge is 0.353 e. The molecule has 3 atom stereocenters. The van der Waals surface area contributed by atoms with Gasteiger partial charge in [-0.25, -0.2) is 0 Å². The van der Waals surface area contributed by atoms with Crippen molar-refractivity contribution in [3.63, 3.8) is 0 Å². The van der Waals surface area contributed by atoms with Gasteiger partial charge in [-0.1, -0.05) is 12.8 Å². The molecule has 1 saturated carbocycles. The number of hydrogen-bond acceptors (Lipinski definition) is 3. The van der Waals surface area contributed by atoms with Crippen molar-refractivity contribution >= 4 is 18.3 Å². The van der Waals surface area contributed by atoms with Gasteiger partial charge in [0.1, 0.15) is 0 Å². The van der Waals surface area contributed by atoms with Gasteiger partial charge in [0, 0.05) is 25.0 Å². The Balaban J connectivity index is 0.00000147. The molecule has 2 heterocycles. The van der Waals surface area contributed by atoms with Gasteiger partial charge in [-0.3, -0.25) is 9.48 Å². The van der Waals surface area contributed by atoms with Gasteiger partial charge in [0.15, 0.2) is 0 Å². The van der Waals surface area contributed by atoms with Crippen LogP contribution in [0.3, 0.4) is 0 Å². The number of rotatable bonds is 4. The quantitative estimate of drug-likeness (QED) is 0.882. The van der Waals surface area contributed by atoms with Crippen LogP contribution >= 0.6 is 12.4 Å². The number of amides is 1. The highest BCUT2D eigenvalue weighted by atomic mass is 35.5. The van der Waals surface area contributed by atoms with Crippen molar-refractivity contribution < 1.29 is 4.79 Å². The number of halogens is 1. The van der Waals surface area contributed by atoms with E-state index in [2.05, 4.69) is 15.7 Å². The first kappa shape index (κ1) is 15.3. The van der Waals surface area contributed by atoms with Gasteiger partial charge < -0.3 is 10.6 Å². The minimum absolute atomic E-state index is 0. The van der Waals surface area contributed by atoms with Gasteiger partial charge in [-0.15, -0.1) is 12.4 Å².